The molecule has 0 aliphatic heterocycles. The Kier molecular flexibility index (Phi) is 6.72. The topological polar surface area (TPSA) is 107 Å². The van der Waals surface area contributed by atoms with Crippen LogP contribution in [0, 0.1) is 0 Å². The Bertz CT molecular complexity index is 1500. The van der Waals surface area contributed by atoms with E-state index >= 15 is 0 Å². The van der Waals surface area contributed by atoms with Gasteiger partial charge in [0, 0.05) is 18.9 Å². The molecular formula is C21H16ClF3N4O4S2. The van der Waals surface area contributed by atoms with Crippen molar-refractivity contribution >= 4 is 32.8 Å². The largest absolute Gasteiger partial charge is 0.418 e. The van der Waals surface area contributed by atoms with Gasteiger partial charge in [0.05, 0.1) is 21.2 Å². The Morgan fingerprint density at radius 2 is 1.80 bits per heavy atom. The minimum absolute atomic E-state index is 0.0440. The molecule has 0 amide bonds. The average molecular weight is 545 g/mol. The lowest BCUT2D eigenvalue weighted by Gasteiger charge is -2.14. The highest BCUT2D eigenvalue weighted by atomic mass is 35.5. The molecule has 0 bridgehead atoms. The van der Waals surface area contributed by atoms with Crippen molar-refractivity contribution in [2.75, 3.05) is 13.4 Å². The van der Waals surface area contributed by atoms with Gasteiger partial charge in [0.25, 0.3) is 0 Å². The SMILES string of the molecule is COC(O)c1nn(-c2ccccc2C(F)(F)F)c(-c2nnc(-c3cccc(S(C)(=O)=O)c3)s2)c1Cl. The van der Waals surface area contributed by atoms with Gasteiger partial charge in [0.1, 0.15) is 16.4 Å². The molecule has 0 spiro atoms. The number of halogens is 4. The first-order chi connectivity index (χ1) is 16.4. The number of sulfone groups is 1. The van der Waals surface area contributed by atoms with E-state index in [1.165, 1.54) is 43.5 Å². The highest BCUT2D eigenvalue weighted by Crippen LogP contribution is 2.41. The van der Waals surface area contributed by atoms with E-state index in [-0.39, 0.29) is 32.0 Å². The predicted octanol–water partition coefficient (Wildman–Crippen LogP) is 4.77. The Labute approximate surface area is 206 Å². The first kappa shape index (κ1) is 25.3. The van der Waals surface area contributed by atoms with Crippen molar-refractivity contribution in [1.29, 1.82) is 0 Å². The molecule has 4 rings (SSSR count). The maximum atomic E-state index is 13.7. The van der Waals surface area contributed by atoms with Crippen LogP contribution in [-0.4, -0.2) is 46.9 Å². The highest BCUT2D eigenvalue weighted by Gasteiger charge is 2.36. The smallest absolute Gasteiger partial charge is 0.363 e. The second kappa shape index (κ2) is 9.32. The van der Waals surface area contributed by atoms with Gasteiger partial charge in [-0.2, -0.15) is 18.3 Å². The number of aliphatic hydroxyl groups is 1. The van der Waals surface area contributed by atoms with E-state index in [1.54, 1.807) is 6.07 Å². The molecule has 8 nitrogen and oxygen atoms in total. The summed E-state index contributed by atoms with van der Waals surface area (Å²) in [4.78, 5) is 0.0689. The normalized spacial score (nSPS) is 13.2. The summed E-state index contributed by atoms with van der Waals surface area (Å²) in [5.41, 5.74) is -1.15. The Balaban J connectivity index is 1.92. The molecule has 1 atom stereocenters. The zero-order chi connectivity index (χ0) is 25.5. The van der Waals surface area contributed by atoms with E-state index in [9.17, 15) is 26.7 Å². The van der Waals surface area contributed by atoms with E-state index in [0.717, 1.165) is 28.3 Å². The van der Waals surface area contributed by atoms with E-state index in [0.29, 0.717) is 10.6 Å². The van der Waals surface area contributed by atoms with Crippen molar-refractivity contribution in [2.24, 2.45) is 0 Å². The third-order valence-electron chi connectivity index (χ3n) is 4.88. The lowest BCUT2D eigenvalue weighted by Crippen LogP contribution is -2.12. The van der Waals surface area contributed by atoms with Crippen LogP contribution in [0.1, 0.15) is 17.5 Å². The number of alkyl halides is 3. The summed E-state index contributed by atoms with van der Waals surface area (Å²) >= 11 is 7.41. The van der Waals surface area contributed by atoms with Crippen LogP contribution in [0.25, 0.3) is 27.0 Å². The third-order valence-corrected chi connectivity index (χ3v) is 7.35. The fraction of sp³-hybridized carbons (Fsp3) is 0.190. The van der Waals surface area contributed by atoms with Crippen LogP contribution in [0.5, 0.6) is 0 Å². The molecular weight excluding hydrogens is 529 g/mol. The molecule has 184 valence electrons. The molecule has 35 heavy (non-hydrogen) atoms. The molecule has 0 aliphatic rings. The number of methoxy groups -OCH3 is 1. The van der Waals surface area contributed by atoms with Crippen LogP contribution >= 0.6 is 22.9 Å². The minimum atomic E-state index is -4.70. The molecule has 2 heterocycles. The van der Waals surface area contributed by atoms with Crippen molar-refractivity contribution in [3.05, 3.63) is 64.8 Å². The third kappa shape index (κ3) is 4.95. The van der Waals surface area contributed by atoms with Gasteiger partial charge in [-0.05, 0) is 24.3 Å². The molecule has 0 saturated carbocycles. The van der Waals surface area contributed by atoms with Crippen LogP contribution in [0.3, 0.4) is 0 Å². The van der Waals surface area contributed by atoms with Gasteiger partial charge >= 0.3 is 6.18 Å². The summed E-state index contributed by atoms with van der Waals surface area (Å²) in [5.74, 6) is 0. The molecule has 2 aromatic carbocycles. The van der Waals surface area contributed by atoms with E-state index in [2.05, 4.69) is 15.3 Å². The van der Waals surface area contributed by atoms with Crippen LogP contribution in [0.2, 0.25) is 5.02 Å². The van der Waals surface area contributed by atoms with Crippen molar-refractivity contribution in [2.45, 2.75) is 17.4 Å². The number of aliphatic hydroxyl groups excluding tert-OH is 1. The second-order valence-corrected chi connectivity index (χ2v) is 10.6. The predicted molar refractivity (Wildman–Crippen MR) is 123 cm³/mol. The average Bonchev–Trinajstić information content (AvgIpc) is 3.42. The monoisotopic (exact) mass is 544 g/mol. The van der Waals surface area contributed by atoms with Gasteiger partial charge in [-0.15, -0.1) is 10.2 Å². The summed E-state index contributed by atoms with van der Waals surface area (Å²) < 4.78 is 70.8. The number of hydrogen-bond acceptors (Lipinski definition) is 8. The highest BCUT2D eigenvalue weighted by molar-refractivity contribution is 7.90. The summed E-state index contributed by atoms with van der Waals surface area (Å²) in [6.45, 7) is 0. The van der Waals surface area contributed by atoms with Crippen molar-refractivity contribution in [3.8, 4) is 27.0 Å². The van der Waals surface area contributed by atoms with Crippen molar-refractivity contribution < 1.29 is 31.4 Å². The molecule has 0 radical (unpaired) electrons. The number of hydrogen-bond donors (Lipinski definition) is 1. The quantitative estimate of drug-likeness (QED) is 0.348. The zero-order valence-electron chi connectivity index (χ0n) is 18.0. The fourth-order valence-corrected chi connectivity index (χ4v) is 5.14. The number of nitrogens with zero attached hydrogens (tertiary/aromatic N) is 4. The molecule has 1 unspecified atom stereocenters. The minimum Gasteiger partial charge on any atom is -0.363 e. The van der Waals surface area contributed by atoms with Crippen LogP contribution in [-0.2, 0) is 20.8 Å². The lowest BCUT2D eigenvalue weighted by atomic mass is 10.1. The summed E-state index contributed by atoms with van der Waals surface area (Å²) in [6, 6.07) is 10.7. The van der Waals surface area contributed by atoms with Crippen LogP contribution in [0.4, 0.5) is 13.2 Å². The number of rotatable bonds is 6. The van der Waals surface area contributed by atoms with Crippen LogP contribution < -0.4 is 0 Å². The molecule has 0 saturated heterocycles. The summed E-state index contributed by atoms with van der Waals surface area (Å²) in [7, 11) is -2.30. The summed E-state index contributed by atoms with van der Waals surface area (Å²) in [6.07, 6.45) is -5.25. The van der Waals surface area contributed by atoms with E-state index in [4.69, 9.17) is 16.3 Å². The van der Waals surface area contributed by atoms with Gasteiger partial charge in [-0.25, -0.2) is 13.1 Å². The lowest BCUT2D eigenvalue weighted by molar-refractivity contribution is -0.137. The number of ether oxygens (including phenoxy) is 1. The van der Waals surface area contributed by atoms with Gasteiger partial charge in [-0.1, -0.05) is 47.2 Å². The van der Waals surface area contributed by atoms with Gasteiger partial charge in [0.2, 0.25) is 6.29 Å². The maximum absolute atomic E-state index is 13.7. The first-order valence-electron chi connectivity index (χ1n) is 9.72. The maximum Gasteiger partial charge on any atom is 0.418 e. The molecule has 4 aromatic rings. The van der Waals surface area contributed by atoms with Crippen LogP contribution in [0.15, 0.2) is 53.4 Å². The molecule has 2 aromatic heterocycles. The number of benzene rings is 2. The van der Waals surface area contributed by atoms with E-state index < -0.39 is 27.9 Å². The van der Waals surface area contributed by atoms with Crippen molar-refractivity contribution in [1.82, 2.24) is 20.0 Å². The van der Waals surface area contributed by atoms with Gasteiger partial charge in [0.15, 0.2) is 14.8 Å². The Morgan fingerprint density at radius 3 is 2.46 bits per heavy atom. The molecule has 1 N–H and O–H groups in total. The zero-order valence-corrected chi connectivity index (χ0v) is 20.4. The van der Waals surface area contributed by atoms with Gasteiger partial charge in [-0.3, -0.25) is 0 Å². The number of aromatic nitrogens is 4. The van der Waals surface area contributed by atoms with Gasteiger partial charge < -0.3 is 9.84 Å². The Morgan fingerprint density at radius 1 is 1.11 bits per heavy atom. The number of para-hydroxylation sites is 1. The fourth-order valence-electron chi connectivity index (χ4n) is 3.24. The molecule has 14 heteroatoms. The molecule has 0 fully saturated rings. The second-order valence-electron chi connectivity index (χ2n) is 7.27. The standard InChI is InChI=1S/C21H16ClF3N4O4S2/c1-33-20(30)16-15(22)17(29(28-16)14-9-4-3-8-13(14)21(23,24)25)19-27-26-18(34-19)11-6-5-7-12(10-11)35(2,31)32/h3-10,20,30H,1-2H3. The van der Waals surface area contributed by atoms with E-state index in [1.807, 2.05) is 0 Å². The first-order valence-corrected chi connectivity index (χ1v) is 12.8. The summed E-state index contributed by atoms with van der Waals surface area (Å²) in [5, 5.41) is 22.6. The van der Waals surface area contributed by atoms with Crippen molar-refractivity contribution in [3.63, 3.8) is 0 Å². The Hall–Kier alpha value is -2.84. The molecule has 0 aliphatic carbocycles.